The number of rotatable bonds is 8. The van der Waals surface area contributed by atoms with E-state index in [0.29, 0.717) is 20.9 Å². The SMILES string of the molecule is COc1cc(F)c(CCN(c2nc3cccc(F)c3s2)C(C)c2ccccc2C(=O)O)c(F)c1. The molecule has 34 heavy (non-hydrogen) atoms. The minimum atomic E-state index is -1.09. The third-order valence-corrected chi connectivity index (χ3v) is 6.78. The van der Waals surface area contributed by atoms with Gasteiger partial charge < -0.3 is 14.7 Å². The van der Waals surface area contributed by atoms with E-state index in [-0.39, 0.29) is 29.8 Å². The fourth-order valence-corrected chi connectivity index (χ4v) is 4.95. The van der Waals surface area contributed by atoms with Crippen molar-refractivity contribution in [1.82, 2.24) is 4.98 Å². The molecule has 1 N–H and O–H groups in total. The fraction of sp³-hybridized carbons (Fsp3) is 0.200. The van der Waals surface area contributed by atoms with Gasteiger partial charge in [-0.25, -0.2) is 22.9 Å². The summed E-state index contributed by atoms with van der Waals surface area (Å²) in [7, 11) is 1.32. The molecule has 0 aliphatic heterocycles. The van der Waals surface area contributed by atoms with Crippen molar-refractivity contribution in [3.8, 4) is 5.75 Å². The van der Waals surface area contributed by atoms with Gasteiger partial charge in [-0.15, -0.1) is 0 Å². The molecule has 1 atom stereocenters. The van der Waals surface area contributed by atoms with Gasteiger partial charge in [-0.2, -0.15) is 0 Å². The second kappa shape index (κ2) is 9.72. The van der Waals surface area contributed by atoms with E-state index in [1.807, 2.05) is 0 Å². The number of aromatic carboxylic acids is 1. The minimum absolute atomic E-state index is 0.0281. The van der Waals surface area contributed by atoms with Crippen LogP contribution in [0.1, 0.15) is 34.5 Å². The highest BCUT2D eigenvalue weighted by molar-refractivity contribution is 7.22. The molecule has 1 aromatic heterocycles. The van der Waals surface area contributed by atoms with Crippen molar-refractivity contribution >= 4 is 32.7 Å². The number of fused-ring (bicyclic) bond motifs is 1. The van der Waals surface area contributed by atoms with Crippen LogP contribution in [0.15, 0.2) is 54.6 Å². The lowest BCUT2D eigenvalue weighted by Crippen LogP contribution is -2.30. The number of carboxylic acid groups (broad SMARTS) is 1. The number of thiazole rings is 1. The van der Waals surface area contributed by atoms with Gasteiger partial charge >= 0.3 is 5.97 Å². The number of nitrogens with zero attached hydrogens (tertiary/aromatic N) is 2. The third kappa shape index (κ3) is 4.56. The lowest BCUT2D eigenvalue weighted by molar-refractivity contribution is 0.0695. The Kier molecular flexibility index (Phi) is 6.74. The van der Waals surface area contributed by atoms with E-state index < -0.39 is 29.5 Å². The number of carboxylic acids is 1. The zero-order chi connectivity index (χ0) is 24.4. The lowest BCUT2D eigenvalue weighted by Gasteiger charge is -2.30. The van der Waals surface area contributed by atoms with Crippen LogP contribution in [0.25, 0.3) is 10.2 Å². The molecule has 0 aliphatic rings. The predicted octanol–water partition coefficient (Wildman–Crippen LogP) is 6.23. The van der Waals surface area contributed by atoms with E-state index in [2.05, 4.69) is 4.98 Å². The monoisotopic (exact) mass is 486 g/mol. The third-order valence-electron chi connectivity index (χ3n) is 5.66. The number of halogens is 3. The summed E-state index contributed by atoms with van der Waals surface area (Å²) in [6.45, 7) is 1.89. The van der Waals surface area contributed by atoms with Crippen LogP contribution in [-0.2, 0) is 6.42 Å². The quantitative estimate of drug-likeness (QED) is 0.320. The Hall–Kier alpha value is -3.59. The van der Waals surface area contributed by atoms with E-state index in [4.69, 9.17) is 4.74 Å². The second-order valence-electron chi connectivity index (χ2n) is 7.67. The number of aromatic nitrogens is 1. The molecular weight excluding hydrogens is 465 g/mol. The molecule has 3 aromatic carbocycles. The van der Waals surface area contributed by atoms with E-state index in [0.717, 1.165) is 23.5 Å². The highest BCUT2D eigenvalue weighted by Gasteiger charge is 2.25. The van der Waals surface area contributed by atoms with Crippen molar-refractivity contribution in [3.05, 3.63) is 88.7 Å². The summed E-state index contributed by atoms with van der Waals surface area (Å²) in [6.07, 6.45) is -0.0281. The maximum absolute atomic E-state index is 14.6. The van der Waals surface area contributed by atoms with Gasteiger partial charge in [0.05, 0.1) is 28.9 Å². The van der Waals surface area contributed by atoms with Gasteiger partial charge in [0, 0.05) is 24.2 Å². The first-order valence-corrected chi connectivity index (χ1v) is 11.3. The van der Waals surface area contributed by atoms with Crippen LogP contribution in [-0.4, -0.2) is 29.7 Å². The normalized spacial score (nSPS) is 12.0. The van der Waals surface area contributed by atoms with Crippen molar-refractivity contribution in [1.29, 1.82) is 0 Å². The summed E-state index contributed by atoms with van der Waals surface area (Å²) in [4.78, 5) is 18.1. The number of ether oxygens (including phenoxy) is 1. The molecule has 0 bridgehead atoms. The van der Waals surface area contributed by atoms with Crippen molar-refractivity contribution < 1.29 is 27.8 Å². The molecular formula is C25H21F3N2O3S. The first-order chi connectivity index (χ1) is 16.3. The van der Waals surface area contributed by atoms with Crippen molar-refractivity contribution in [2.45, 2.75) is 19.4 Å². The summed E-state index contributed by atoms with van der Waals surface area (Å²) < 4.78 is 48.8. The van der Waals surface area contributed by atoms with Crippen LogP contribution in [0, 0.1) is 17.5 Å². The first kappa shape index (κ1) is 23.6. The van der Waals surface area contributed by atoms with Crippen LogP contribution in [0.3, 0.4) is 0 Å². The van der Waals surface area contributed by atoms with Gasteiger partial charge in [0.25, 0.3) is 0 Å². The highest BCUT2D eigenvalue weighted by Crippen LogP contribution is 2.36. The second-order valence-corrected chi connectivity index (χ2v) is 8.64. The smallest absolute Gasteiger partial charge is 0.336 e. The summed E-state index contributed by atoms with van der Waals surface area (Å²) in [5, 5.41) is 10.1. The van der Waals surface area contributed by atoms with Crippen LogP contribution in [0.4, 0.5) is 18.3 Å². The summed E-state index contributed by atoms with van der Waals surface area (Å²) >= 11 is 1.10. The van der Waals surface area contributed by atoms with Crippen molar-refractivity contribution in [3.63, 3.8) is 0 Å². The molecule has 1 heterocycles. The van der Waals surface area contributed by atoms with E-state index in [9.17, 15) is 23.1 Å². The zero-order valence-corrected chi connectivity index (χ0v) is 19.2. The summed E-state index contributed by atoms with van der Waals surface area (Å²) in [5.74, 6) is -2.94. The standard InChI is InChI=1S/C25H21F3N2O3S/c1-14(16-6-3-4-7-17(16)24(31)32)30(25-29-22-9-5-8-19(26)23(22)34-25)11-10-18-20(27)12-15(33-2)13-21(18)28/h3-9,12-14H,10-11H2,1-2H3,(H,31,32). The molecule has 0 spiro atoms. The van der Waals surface area contributed by atoms with Gasteiger partial charge in [0.1, 0.15) is 23.2 Å². The average Bonchev–Trinajstić information content (AvgIpc) is 3.25. The number of carbonyl (C=O) groups is 1. The van der Waals surface area contributed by atoms with Gasteiger partial charge in [0.2, 0.25) is 0 Å². The Morgan fingerprint density at radius 1 is 1.09 bits per heavy atom. The molecule has 9 heteroatoms. The average molecular weight is 487 g/mol. The molecule has 4 rings (SSSR count). The molecule has 4 aromatic rings. The first-order valence-electron chi connectivity index (χ1n) is 10.5. The number of hydrogen-bond donors (Lipinski definition) is 1. The van der Waals surface area contributed by atoms with Gasteiger partial charge in [-0.3, -0.25) is 0 Å². The molecule has 0 saturated carbocycles. The van der Waals surface area contributed by atoms with Crippen LogP contribution in [0.2, 0.25) is 0 Å². The van der Waals surface area contributed by atoms with Crippen molar-refractivity contribution in [2.75, 3.05) is 18.6 Å². The maximum atomic E-state index is 14.6. The van der Waals surface area contributed by atoms with E-state index in [1.165, 1.54) is 19.2 Å². The molecule has 0 amide bonds. The van der Waals surface area contributed by atoms with E-state index >= 15 is 0 Å². The Labute approximate surface area is 198 Å². The van der Waals surface area contributed by atoms with E-state index in [1.54, 1.807) is 42.2 Å². The number of methoxy groups -OCH3 is 1. The van der Waals surface area contributed by atoms with Gasteiger partial charge in [-0.05, 0) is 37.1 Å². The Morgan fingerprint density at radius 3 is 2.44 bits per heavy atom. The molecule has 0 fully saturated rings. The number of hydrogen-bond acceptors (Lipinski definition) is 5. The fourth-order valence-electron chi connectivity index (χ4n) is 3.87. The van der Waals surface area contributed by atoms with Crippen LogP contribution in [0.5, 0.6) is 5.75 Å². The van der Waals surface area contributed by atoms with Gasteiger partial charge in [0.15, 0.2) is 5.13 Å². The highest BCUT2D eigenvalue weighted by atomic mass is 32.1. The van der Waals surface area contributed by atoms with Crippen molar-refractivity contribution in [2.24, 2.45) is 0 Å². The molecule has 1 unspecified atom stereocenters. The maximum Gasteiger partial charge on any atom is 0.336 e. The predicted molar refractivity (Wildman–Crippen MR) is 125 cm³/mol. The largest absolute Gasteiger partial charge is 0.497 e. The summed E-state index contributed by atoms with van der Waals surface area (Å²) in [6, 6.07) is 12.8. The Bertz CT molecular complexity index is 1340. The minimum Gasteiger partial charge on any atom is -0.497 e. The molecule has 176 valence electrons. The number of benzene rings is 3. The molecule has 0 aliphatic carbocycles. The molecule has 0 radical (unpaired) electrons. The Balaban J connectivity index is 1.76. The topological polar surface area (TPSA) is 62.7 Å². The summed E-state index contributed by atoms with van der Waals surface area (Å²) in [5.41, 5.74) is 0.932. The Morgan fingerprint density at radius 2 is 1.79 bits per heavy atom. The lowest BCUT2D eigenvalue weighted by atomic mass is 10.00. The molecule has 5 nitrogen and oxygen atoms in total. The van der Waals surface area contributed by atoms with Gasteiger partial charge in [-0.1, -0.05) is 35.6 Å². The zero-order valence-electron chi connectivity index (χ0n) is 18.4. The van der Waals surface area contributed by atoms with Crippen LogP contribution < -0.4 is 9.64 Å². The number of anilines is 1. The molecule has 0 saturated heterocycles. The van der Waals surface area contributed by atoms with Crippen LogP contribution >= 0.6 is 11.3 Å².